The summed E-state index contributed by atoms with van der Waals surface area (Å²) in [6, 6.07) is 27.8. The first-order valence-electron chi connectivity index (χ1n) is 12.8. The van der Waals surface area contributed by atoms with Crippen molar-refractivity contribution in [3.8, 4) is 17.2 Å². The molecule has 2 nitrogen and oxygen atoms in total. The van der Waals surface area contributed by atoms with Crippen LogP contribution in [0.15, 0.2) is 78.9 Å². The maximum Gasteiger partial charge on any atom is 0.146 e. The highest BCUT2D eigenvalue weighted by molar-refractivity contribution is 6.90. The van der Waals surface area contributed by atoms with Crippen molar-refractivity contribution in [1.82, 2.24) is 0 Å². The molecule has 0 atom stereocenters. The number of nitrogens with zero attached hydrogens (tertiary/aromatic N) is 1. The van der Waals surface area contributed by atoms with Crippen molar-refractivity contribution < 1.29 is 4.74 Å². The Morgan fingerprint density at radius 3 is 1.63 bits per heavy atom. The molecule has 0 N–H and O–H groups in total. The number of anilines is 1. The normalized spacial score (nSPS) is 11.5. The van der Waals surface area contributed by atoms with E-state index in [1.807, 2.05) is 0 Å². The van der Waals surface area contributed by atoms with Gasteiger partial charge in [0.1, 0.15) is 13.8 Å². The number of hydrogen-bond donors (Lipinski definition) is 0. The third-order valence-electron chi connectivity index (χ3n) is 7.26. The predicted molar refractivity (Wildman–Crippen MR) is 154 cm³/mol. The van der Waals surface area contributed by atoms with E-state index in [2.05, 4.69) is 137 Å². The first kappa shape index (κ1) is 26.6. The molecular weight excluding hydrogens is 442 g/mol. The molecule has 3 aromatic carbocycles. The molecule has 0 unspecified atom stereocenters. The zero-order chi connectivity index (χ0) is 25.4. The maximum atomic E-state index is 5.87. The van der Waals surface area contributed by atoms with Crippen molar-refractivity contribution in [2.24, 2.45) is 0 Å². The van der Waals surface area contributed by atoms with Crippen molar-refractivity contribution in [3.05, 3.63) is 95.6 Å². The van der Waals surface area contributed by atoms with Crippen LogP contribution in [0, 0.1) is 11.5 Å². The van der Waals surface area contributed by atoms with Gasteiger partial charge >= 0.3 is 0 Å². The van der Waals surface area contributed by atoms with Crippen LogP contribution in [-0.4, -0.2) is 15.2 Å². The minimum Gasteiger partial charge on any atom is -0.495 e. The Balaban J connectivity index is 2.00. The largest absolute Gasteiger partial charge is 0.495 e. The molecule has 0 aromatic heterocycles. The van der Waals surface area contributed by atoms with E-state index < -0.39 is 8.07 Å². The van der Waals surface area contributed by atoms with Crippen molar-refractivity contribution in [3.63, 3.8) is 0 Å². The summed E-state index contributed by atoms with van der Waals surface area (Å²) in [6.07, 6.45) is 0. The summed E-state index contributed by atoms with van der Waals surface area (Å²) in [4.78, 5) is 2.40. The standard InChI is InChI=1S/C32H41NOSi/c1-25(2)35(26(3)4,27(5)6)21-20-30-18-19-31(22-32(30)34-7)33(23-28-14-10-8-11-15-28)24-29-16-12-9-13-17-29/h8-19,22,25-27H,23-24H2,1-7H3. The fourth-order valence-corrected chi connectivity index (χ4v) is 10.7. The van der Waals surface area contributed by atoms with Crippen LogP contribution < -0.4 is 9.64 Å². The van der Waals surface area contributed by atoms with E-state index in [0.29, 0.717) is 16.6 Å². The van der Waals surface area contributed by atoms with Crippen LogP contribution in [0.5, 0.6) is 5.75 Å². The smallest absolute Gasteiger partial charge is 0.146 e. The molecular formula is C32H41NOSi. The Morgan fingerprint density at radius 2 is 1.20 bits per heavy atom. The van der Waals surface area contributed by atoms with Crippen LogP contribution in [-0.2, 0) is 13.1 Å². The molecule has 3 aromatic rings. The van der Waals surface area contributed by atoms with Gasteiger partial charge in [0.25, 0.3) is 0 Å². The first-order valence-corrected chi connectivity index (χ1v) is 15.0. The number of rotatable bonds is 9. The van der Waals surface area contributed by atoms with Gasteiger partial charge in [0.05, 0.1) is 12.7 Å². The second-order valence-corrected chi connectivity index (χ2v) is 15.9. The van der Waals surface area contributed by atoms with Gasteiger partial charge < -0.3 is 9.64 Å². The third-order valence-corrected chi connectivity index (χ3v) is 13.6. The fourth-order valence-electron chi connectivity index (χ4n) is 5.43. The second-order valence-electron chi connectivity index (χ2n) is 10.4. The number of methoxy groups -OCH3 is 1. The van der Waals surface area contributed by atoms with Crippen molar-refractivity contribution in [2.45, 2.75) is 71.3 Å². The van der Waals surface area contributed by atoms with Crippen molar-refractivity contribution in [2.75, 3.05) is 12.0 Å². The highest BCUT2D eigenvalue weighted by Gasteiger charge is 2.41. The number of hydrogen-bond acceptors (Lipinski definition) is 2. The average Bonchev–Trinajstić information content (AvgIpc) is 2.84. The number of ether oxygens (including phenoxy) is 1. The predicted octanol–water partition coefficient (Wildman–Crippen LogP) is 8.47. The third kappa shape index (κ3) is 6.38. The molecule has 0 bridgehead atoms. The summed E-state index contributed by atoms with van der Waals surface area (Å²) in [5, 5.41) is 0. The molecule has 0 saturated carbocycles. The monoisotopic (exact) mass is 483 g/mol. The molecule has 0 radical (unpaired) electrons. The molecule has 35 heavy (non-hydrogen) atoms. The van der Waals surface area contributed by atoms with Crippen LogP contribution in [0.2, 0.25) is 16.6 Å². The van der Waals surface area contributed by atoms with E-state index in [1.165, 1.54) is 11.1 Å². The average molecular weight is 484 g/mol. The molecule has 0 fully saturated rings. The molecule has 3 heteroatoms. The van der Waals surface area contributed by atoms with Crippen LogP contribution >= 0.6 is 0 Å². The van der Waals surface area contributed by atoms with Crippen LogP contribution in [0.4, 0.5) is 5.69 Å². The zero-order valence-electron chi connectivity index (χ0n) is 22.5. The van der Waals surface area contributed by atoms with E-state index in [1.54, 1.807) is 7.11 Å². The van der Waals surface area contributed by atoms with Crippen LogP contribution in [0.3, 0.4) is 0 Å². The van der Waals surface area contributed by atoms with Gasteiger partial charge in [-0.1, -0.05) is 108 Å². The molecule has 0 heterocycles. The lowest BCUT2D eigenvalue weighted by molar-refractivity contribution is 0.413. The lowest BCUT2D eigenvalue weighted by Crippen LogP contribution is -2.43. The van der Waals surface area contributed by atoms with E-state index in [9.17, 15) is 0 Å². The lowest BCUT2D eigenvalue weighted by atomic mass is 10.1. The Labute approximate surface area is 214 Å². The molecule has 0 amide bonds. The summed E-state index contributed by atoms with van der Waals surface area (Å²) >= 11 is 0. The van der Waals surface area contributed by atoms with Gasteiger partial charge in [-0.05, 0) is 39.9 Å². The van der Waals surface area contributed by atoms with Gasteiger partial charge in [0.15, 0.2) is 0 Å². The SMILES string of the molecule is COc1cc(N(Cc2ccccc2)Cc2ccccc2)ccc1C#C[Si](C(C)C)(C(C)C)C(C)C. The highest BCUT2D eigenvalue weighted by Crippen LogP contribution is 2.41. The Morgan fingerprint density at radius 1 is 0.714 bits per heavy atom. The molecule has 0 spiro atoms. The van der Waals surface area contributed by atoms with Gasteiger partial charge in [0.2, 0.25) is 0 Å². The number of benzene rings is 3. The Hall–Kier alpha value is -2.96. The summed E-state index contributed by atoms with van der Waals surface area (Å²) in [5.41, 5.74) is 10.3. The minimum absolute atomic E-state index is 0.604. The highest BCUT2D eigenvalue weighted by atomic mass is 28.3. The summed E-state index contributed by atoms with van der Waals surface area (Å²) in [5.74, 6) is 4.43. The second kappa shape index (κ2) is 12.1. The molecule has 0 saturated heterocycles. The van der Waals surface area contributed by atoms with E-state index >= 15 is 0 Å². The summed E-state index contributed by atoms with van der Waals surface area (Å²) in [6.45, 7) is 15.8. The molecule has 184 valence electrons. The van der Waals surface area contributed by atoms with Gasteiger partial charge in [-0.15, -0.1) is 5.54 Å². The van der Waals surface area contributed by atoms with Gasteiger partial charge in [-0.3, -0.25) is 0 Å². The van der Waals surface area contributed by atoms with Crippen molar-refractivity contribution in [1.29, 1.82) is 0 Å². The van der Waals surface area contributed by atoms with Gasteiger partial charge in [-0.2, -0.15) is 0 Å². The maximum absolute atomic E-state index is 5.87. The Kier molecular flexibility index (Phi) is 9.24. The Bertz CT molecular complexity index is 1060. The molecule has 3 rings (SSSR count). The van der Waals surface area contributed by atoms with Crippen LogP contribution in [0.25, 0.3) is 0 Å². The summed E-state index contributed by atoms with van der Waals surface area (Å²) in [7, 11) is -0.0595. The van der Waals surface area contributed by atoms with E-state index in [4.69, 9.17) is 4.74 Å². The van der Waals surface area contributed by atoms with E-state index in [0.717, 1.165) is 30.1 Å². The molecule has 0 aliphatic heterocycles. The minimum atomic E-state index is -1.81. The van der Waals surface area contributed by atoms with Gasteiger partial charge in [0, 0.05) is 24.8 Å². The topological polar surface area (TPSA) is 12.5 Å². The zero-order valence-corrected chi connectivity index (χ0v) is 23.5. The quantitative estimate of drug-likeness (QED) is 0.223. The van der Waals surface area contributed by atoms with E-state index in [-0.39, 0.29) is 0 Å². The van der Waals surface area contributed by atoms with Crippen molar-refractivity contribution >= 4 is 13.8 Å². The lowest BCUT2D eigenvalue weighted by Gasteiger charge is -2.38. The molecule has 0 aliphatic rings. The molecule has 0 aliphatic carbocycles. The van der Waals surface area contributed by atoms with Crippen LogP contribution in [0.1, 0.15) is 58.2 Å². The van der Waals surface area contributed by atoms with Gasteiger partial charge in [-0.25, -0.2) is 0 Å². The fraction of sp³-hybridized carbons (Fsp3) is 0.375. The summed E-state index contributed by atoms with van der Waals surface area (Å²) < 4.78 is 5.87. The first-order chi connectivity index (χ1) is 16.8.